The lowest BCUT2D eigenvalue weighted by Crippen LogP contribution is -1.98. The lowest BCUT2D eigenvalue weighted by molar-refractivity contribution is 0.310. The summed E-state index contributed by atoms with van der Waals surface area (Å²) < 4.78 is 12.3. The van der Waals surface area contributed by atoms with E-state index in [0.717, 1.165) is 50.4 Å². The highest BCUT2D eigenvalue weighted by Gasteiger charge is 2.26. The van der Waals surface area contributed by atoms with Crippen molar-refractivity contribution in [2.75, 3.05) is 13.2 Å². The third kappa shape index (κ3) is 3.11. The van der Waals surface area contributed by atoms with Crippen molar-refractivity contribution in [3.8, 4) is 33.8 Å². The van der Waals surface area contributed by atoms with Crippen LogP contribution in [0.3, 0.4) is 0 Å². The van der Waals surface area contributed by atoms with Crippen LogP contribution in [-0.2, 0) is 0 Å². The minimum Gasteiger partial charge on any atom is -0.494 e. The van der Waals surface area contributed by atoms with Crippen LogP contribution in [0.25, 0.3) is 43.8 Å². The molecule has 0 unspecified atom stereocenters. The number of rotatable bonds is 8. The molecular weight excluding hydrogens is 368 g/mol. The summed E-state index contributed by atoms with van der Waals surface area (Å²) in [5, 5.41) is 5.08. The van der Waals surface area contributed by atoms with Crippen molar-refractivity contribution in [3.63, 3.8) is 0 Å². The van der Waals surface area contributed by atoms with Crippen LogP contribution in [0, 0.1) is 0 Å². The zero-order chi connectivity index (χ0) is 20.5. The molecule has 0 bridgehead atoms. The third-order valence-corrected chi connectivity index (χ3v) is 6.06. The van der Waals surface area contributed by atoms with Crippen LogP contribution in [0.15, 0.2) is 60.7 Å². The number of unbranched alkanes of at least 4 members (excludes halogenated alkanes) is 2. The minimum atomic E-state index is 0.759. The molecule has 4 aromatic carbocycles. The van der Waals surface area contributed by atoms with Crippen LogP contribution in [0.4, 0.5) is 0 Å². The first-order chi connectivity index (χ1) is 14.8. The molecule has 2 heteroatoms. The summed E-state index contributed by atoms with van der Waals surface area (Å²) in [5.41, 5.74) is 5.12. The molecule has 0 saturated carbocycles. The summed E-state index contributed by atoms with van der Waals surface area (Å²) in [6, 6.07) is 21.9. The van der Waals surface area contributed by atoms with Crippen LogP contribution >= 0.6 is 0 Å². The fourth-order valence-corrected chi connectivity index (χ4v) is 4.50. The lowest BCUT2D eigenvalue weighted by atomic mass is 9.96. The maximum absolute atomic E-state index is 6.24. The van der Waals surface area contributed by atoms with Gasteiger partial charge < -0.3 is 9.47 Å². The summed E-state index contributed by atoms with van der Waals surface area (Å²) in [7, 11) is 0. The van der Waals surface area contributed by atoms with Crippen molar-refractivity contribution in [3.05, 3.63) is 60.7 Å². The Morgan fingerprint density at radius 2 is 1.43 bits per heavy atom. The second-order valence-electron chi connectivity index (χ2n) is 8.12. The second-order valence-corrected chi connectivity index (χ2v) is 8.12. The third-order valence-electron chi connectivity index (χ3n) is 6.06. The molecule has 0 atom stereocenters. The zero-order valence-corrected chi connectivity index (χ0v) is 17.8. The smallest absolute Gasteiger partial charge is 0.127 e. The maximum Gasteiger partial charge on any atom is 0.127 e. The maximum atomic E-state index is 6.24. The minimum absolute atomic E-state index is 0.759. The Labute approximate surface area is 178 Å². The molecule has 0 fully saturated rings. The summed E-state index contributed by atoms with van der Waals surface area (Å²) in [6.07, 6.45) is 4.42. The summed E-state index contributed by atoms with van der Waals surface area (Å²) in [5.74, 6) is 1.95. The number of hydrogen-bond acceptors (Lipinski definition) is 2. The van der Waals surface area contributed by atoms with Crippen molar-refractivity contribution in [1.82, 2.24) is 0 Å². The number of ether oxygens (including phenoxy) is 2. The van der Waals surface area contributed by atoms with Crippen molar-refractivity contribution < 1.29 is 9.47 Å². The molecule has 0 aliphatic heterocycles. The van der Waals surface area contributed by atoms with Crippen LogP contribution in [-0.4, -0.2) is 13.2 Å². The summed E-state index contributed by atoms with van der Waals surface area (Å²) >= 11 is 0. The summed E-state index contributed by atoms with van der Waals surface area (Å²) in [6.45, 7) is 5.91. The highest BCUT2D eigenvalue weighted by Crippen LogP contribution is 2.53. The van der Waals surface area contributed by atoms with Gasteiger partial charge in [-0.2, -0.15) is 0 Å². The Morgan fingerprint density at radius 1 is 0.667 bits per heavy atom. The highest BCUT2D eigenvalue weighted by atomic mass is 16.5. The van der Waals surface area contributed by atoms with Gasteiger partial charge in [-0.05, 0) is 63.9 Å². The first-order valence-corrected chi connectivity index (χ1v) is 11.2. The van der Waals surface area contributed by atoms with E-state index in [1.165, 1.54) is 43.8 Å². The SMILES string of the molecule is CCCCOc1ccc2ccc3c(c2c1)-c1cccc2ccc(OCCCC)c-3c12. The molecule has 4 aromatic rings. The summed E-state index contributed by atoms with van der Waals surface area (Å²) in [4.78, 5) is 0. The van der Waals surface area contributed by atoms with E-state index < -0.39 is 0 Å². The number of benzene rings is 4. The van der Waals surface area contributed by atoms with E-state index in [1.54, 1.807) is 0 Å². The lowest BCUT2D eigenvalue weighted by Gasteiger charge is -2.13. The molecule has 0 heterocycles. The van der Waals surface area contributed by atoms with E-state index >= 15 is 0 Å². The molecule has 0 radical (unpaired) electrons. The molecule has 1 aliphatic carbocycles. The van der Waals surface area contributed by atoms with E-state index in [0.29, 0.717) is 0 Å². The van der Waals surface area contributed by atoms with E-state index in [2.05, 4.69) is 74.5 Å². The monoisotopic (exact) mass is 396 g/mol. The fraction of sp³-hybridized carbons (Fsp3) is 0.286. The van der Waals surface area contributed by atoms with Crippen LogP contribution < -0.4 is 9.47 Å². The van der Waals surface area contributed by atoms with Crippen LogP contribution in [0.2, 0.25) is 0 Å². The zero-order valence-electron chi connectivity index (χ0n) is 17.8. The first-order valence-electron chi connectivity index (χ1n) is 11.2. The van der Waals surface area contributed by atoms with E-state index in [4.69, 9.17) is 9.47 Å². The van der Waals surface area contributed by atoms with Crippen LogP contribution in [0.5, 0.6) is 11.5 Å². The predicted octanol–water partition coefficient (Wildman–Crippen LogP) is 8.00. The largest absolute Gasteiger partial charge is 0.494 e. The second kappa shape index (κ2) is 8.02. The van der Waals surface area contributed by atoms with Gasteiger partial charge in [-0.3, -0.25) is 0 Å². The molecule has 0 spiro atoms. The van der Waals surface area contributed by atoms with Gasteiger partial charge >= 0.3 is 0 Å². The van der Waals surface area contributed by atoms with Gasteiger partial charge in [0.15, 0.2) is 0 Å². The Kier molecular flexibility index (Phi) is 5.08. The van der Waals surface area contributed by atoms with Crippen molar-refractivity contribution in [1.29, 1.82) is 0 Å². The topological polar surface area (TPSA) is 18.5 Å². The molecule has 0 amide bonds. The van der Waals surface area contributed by atoms with Crippen molar-refractivity contribution in [2.24, 2.45) is 0 Å². The quantitative estimate of drug-likeness (QED) is 0.247. The van der Waals surface area contributed by atoms with Gasteiger partial charge in [-0.25, -0.2) is 0 Å². The molecule has 0 aromatic heterocycles. The van der Waals surface area contributed by atoms with Gasteiger partial charge in [-0.1, -0.05) is 69.2 Å². The fourth-order valence-electron chi connectivity index (χ4n) is 4.50. The standard InChI is InChI=1S/C28H28O2/c1-3-5-16-29-21-13-10-19-11-14-23-27(24(19)18-21)22-9-7-8-20-12-15-25(28(23)26(20)22)30-17-6-4-2/h7-15,18H,3-6,16-17H2,1-2H3. The van der Waals surface area contributed by atoms with Gasteiger partial charge in [0.1, 0.15) is 11.5 Å². The Balaban J connectivity index is 1.69. The molecule has 0 saturated heterocycles. The Hall–Kier alpha value is -3.00. The van der Waals surface area contributed by atoms with Gasteiger partial charge in [0.2, 0.25) is 0 Å². The number of fused-ring (bicyclic) bond motifs is 5. The van der Waals surface area contributed by atoms with Gasteiger partial charge in [-0.15, -0.1) is 0 Å². The van der Waals surface area contributed by atoms with Crippen molar-refractivity contribution in [2.45, 2.75) is 39.5 Å². The average molecular weight is 397 g/mol. The molecule has 0 N–H and O–H groups in total. The van der Waals surface area contributed by atoms with Gasteiger partial charge in [0.05, 0.1) is 13.2 Å². The van der Waals surface area contributed by atoms with Crippen molar-refractivity contribution >= 4 is 21.5 Å². The predicted molar refractivity (Wildman–Crippen MR) is 127 cm³/mol. The number of hydrogen-bond donors (Lipinski definition) is 0. The van der Waals surface area contributed by atoms with Crippen LogP contribution in [0.1, 0.15) is 39.5 Å². The molecule has 30 heavy (non-hydrogen) atoms. The van der Waals surface area contributed by atoms with E-state index in [-0.39, 0.29) is 0 Å². The highest BCUT2D eigenvalue weighted by molar-refractivity contribution is 6.22. The molecule has 5 rings (SSSR count). The average Bonchev–Trinajstić information content (AvgIpc) is 3.12. The van der Waals surface area contributed by atoms with E-state index in [1.807, 2.05) is 0 Å². The molecular formula is C28H28O2. The Morgan fingerprint density at radius 3 is 2.27 bits per heavy atom. The normalized spacial score (nSPS) is 11.8. The first kappa shape index (κ1) is 19.0. The Bertz CT molecular complexity index is 1220. The van der Waals surface area contributed by atoms with Gasteiger partial charge in [0.25, 0.3) is 0 Å². The molecule has 2 nitrogen and oxygen atoms in total. The molecule has 1 aliphatic rings. The van der Waals surface area contributed by atoms with E-state index in [9.17, 15) is 0 Å². The molecule has 152 valence electrons. The van der Waals surface area contributed by atoms with Gasteiger partial charge in [0, 0.05) is 10.9 Å².